The number of carbonyl (C=O) groups is 2. The number of hydrogen-bond acceptors (Lipinski definition) is 4. The smallest absolute Gasteiger partial charge is 0.410 e. The van der Waals surface area contributed by atoms with Crippen LogP contribution in [0, 0.1) is 25.2 Å². The highest BCUT2D eigenvalue weighted by atomic mass is 16.5. The molecule has 168 valence electrons. The molecule has 31 heavy (non-hydrogen) atoms. The lowest BCUT2D eigenvalue weighted by Crippen LogP contribution is -2.46. The normalized spacial score (nSPS) is 24.9. The highest BCUT2D eigenvalue weighted by Gasteiger charge is 2.49. The van der Waals surface area contributed by atoms with Crippen molar-refractivity contribution in [3.05, 3.63) is 23.8 Å². The summed E-state index contributed by atoms with van der Waals surface area (Å²) >= 11 is 0. The molecule has 3 aliphatic carbocycles. The van der Waals surface area contributed by atoms with Gasteiger partial charge in [-0.25, -0.2) is 4.79 Å². The summed E-state index contributed by atoms with van der Waals surface area (Å²) in [6.07, 6.45) is 13.2. The van der Waals surface area contributed by atoms with Crippen molar-refractivity contribution in [3.8, 4) is 23.5 Å². The van der Waals surface area contributed by atoms with Crippen molar-refractivity contribution in [1.82, 2.24) is 4.90 Å². The van der Waals surface area contributed by atoms with Crippen molar-refractivity contribution < 1.29 is 19.1 Å². The Hall–Kier alpha value is -2.48. The van der Waals surface area contributed by atoms with Gasteiger partial charge < -0.3 is 9.47 Å². The van der Waals surface area contributed by atoms with Crippen molar-refractivity contribution in [2.45, 2.75) is 89.8 Å². The summed E-state index contributed by atoms with van der Waals surface area (Å²) in [5, 5.41) is 0. The van der Waals surface area contributed by atoms with Crippen LogP contribution < -0.4 is 0 Å². The molecule has 4 atom stereocenters. The van der Waals surface area contributed by atoms with E-state index in [9.17, 15) is 9.59 Å². The first-order valence-electron chi connectivity index (χ1n) is 11.6. The van der Waals surface area contributed by atoms with Crippen LogP contribution in [0.15, 0.2) is 18.2 Å². The van der Waals surface area contributed by atoms with Crippen molar-refractivity contribution in [2.24, 2.45) is 5.92 Å². The van der Waals surface area contributed by atoms with Crippen molar-refractivity contribution >= 4 is 12.1 Å². The number of hydrogen-bond donors (Lipinski definition) is 0. The molecule has 0 N–H and O–H groups in total. The number of benzene rings is 1. The molecular formula is C26H35NO4. The van der Waals surface area contributed by atoms with E-state index in [4.69, 9.17) is 15.9 Å². The van der Waals surface area contributed by atoms with Gasteiger partial charge in [0, 0.05) is 18.4 Å². The van der Waals surface area contributed by atoms with Crippen LogP contribution in [-0.4, -0.2) is 42.3 Å². The summed E-state index contributed by atoms with van der Waals surface area (Å²) in [5.74, 6) is 2.70. The van der Waals surface area contributed by atoms with Crippen LogP contribution in [0.5, 0.6) is 0 Å². The van der Waals surface area contributed by atoms with E-state index in [2.05, 4.69) is 38.0 Å². The number of terminal acetylenes is 1. The maximum absolute atomic E-state index is 12.1. The van der Waals surface area contributed by atoms with Crippen LogP contribution in [0.2, 0.25) is 0 Å². The zero-order valence-corrected chi connectivity index (χ0v) is 19.1. The highest BCUT2D eigenvalue weighted by Crippen LogP contribution is 2.41. The number of methoxy groups -OCH3 is 1. The van der Waals surface area contributed by atoms with Gasteiger partial charge in [-0.15, -0.1) is 6.42 Å². The molecule has 2 fully saturated rings. The first-order valence-corrected chi connectivity index (χ1v) is 11.6. The largest absolute Gasteiger partial charge is 0.462 e. The van der Waals surface area contributed by atoms with Crippen molar-refractivity contribution in [2.75, 3.05) is 7.11 Å². The average molecular weight is 426 g/mol. The standard InChI is InChI=1S/C19H29NO4.C7H6/c1-4-6-7-8-12-18(21)24-17-11-9-10-16-15(17)13-14(5-2)20(16)19(22)23-3;1-5-4-6-2-3-7(5)6/h2,14-17H,4,6-13H2,1,3H3;2-4H,1H3/t14?,15-,16-,17+;/m1./s1. The molecule has 1 aliphatic heterocycles. The van der Waals surface area contributed by atoms with Gasteiger partial charge in [-0.2, -0.15) is 0 Å². The van der Waals surface area contributed by atoms with Gasteiger partial charge in [-0.05, 0) is 55.7 Å². The fourth-order valence-corrected chi connectivity index (χ4v) is 5.03. The Morgan fingerprint density at radius 2 is 2.03 bits per heavy atom. The zero-order valence-electron chi connectivity index (χ0n) is 19.1. The number of rotatable bonds is 6. The number of fused-ring (bicyclic) bond motifs is 2. The number of esters is 1. The molecule has 0 aromatic heterocycles. The van der Waals surface area contributed by atoms with E-state index in [0.29, 0.717) is 12.8 Å². The van der Waals surface area contributed by atoms with Gasteiger partial charge >= 0.3 is 12.1 Å². The fourth-order valence-electron chi connectivity index (χ4n) is 5.03. The minimum absolute atomic E-state index is 0.0186. The second-order valence-corrected chi connectivity index (χ2v) is 8.83. The topological polar surface area (TPSA) is 55.8 Å². The number of carbonyl (C=O) groups excluding carboxylic acids is 2. The first kappa shape index (κ1) is 23.2. The predicted molar refractivity (Wildman–Crippen MR) is 121 cm³/mol. The summed E-state index contributed by atoms with van der Waals surface area (Å²) in [6, 6.07) is 6.25. The number of ether oxygens (including phenoxy) is 2. The summed E-state index contributed by atoms with van der Waals surface area (Å²) in [5.41, 5.74) is 4.36. The number of unbranched alkanes of at least 4 members (excludes halogenated alkanes) is 3. The highest BCUT2D eigenvalue weighted by molar-refractivity contribution is 5.80. The lowest BCUT2D eigenvalue weighted by Gasteiger charge is -2.36. The second-order valence-electron chi connectivity index (χ2n) is 8.83. The Labute approximate surface area is 186 Å². The molecule has 0 aromatic carbocycles. The average Bonchev–Trinajstić information content (AvgIpc) is 3.14. The van der Waals surface area contributed by atoms with Gasteiger partial charge in [0.25, 0.3) is 0 Å². The minimum Gasteiger partial charge on any atom is -0.462 e. The number of nitrogens with zero attached hydrogens (tertiary/aromatic N) is 1. The quantitative estimate of drug-likeness (QED) is 0.349. The number of aryl methyl sites for hydroxylation is 1. The maximum atomic E-state index is 12.1. The molecule has 0 radical (unpaired) electrons. The number of likely N-dealkylation sites (tertiary alicyclic amines) is 1. The molecule has 1 unspecified atom stereocenters. The van der Waals surface area contributed by atoms with Crippen LogP contribution in [0.1, 0.15) is 70.3 Å². The van der Waals surface area contributed by atoms with E-state index >= 15 is 0 Å². The minimum atomic E-state index is -0.378. The lowest BCUT2D eigenvalue weighted by atomic mass is 9.82. The predicted octanol–water partition coefficient (Wildman–Crippen LogP) is 5.49. The summed E-state index contributed by atoms with van der Waals surface area (Å²) < 4.78 is 10.6. The third-order valence-electron chi connectivity index (χ3n) is 6.78. The van der Waals surface area contributed by atoms with Gasteiger partial charge in [0.15, 0.2) is 0 Å². The molecule has 0 spiro atoms. The van der Waals surface area contributed by atoms with Gasteiger partial charge in [0.05, 0.1) is 13.2 Å². The third-order valence-corrected chi connectivity index (χ3v) is 6.78. The third kappa shape index (κ3) is 5.23. The van der Waals surface area contributed by atoms with Crippen LogP contribution in [0.4, 0.5) is 4.79 Å². The van der Waals surface area contributed by atoms with E-state index in [-0.39, 0.29) is 36.2 Å². The molecule has 4 rings (SSSR count). The monoisotopic (exact) mass is 425 g/mol. The van der Waals surface area contributed by atoms with Gasteiger partial charge in [-0.1, -0.05) is 50.3 Å². The Morgan fingerprint density at radius 1 is 1.23 bits per heavy atom. The van der Waals surface area contributed by atoms with Gasteiger partial charge in [0.1, 0.15) is 6.10 Å². The second kappa shape index (κ2) is 10.7. The van der Waals surface area contributed by atoms with Crippen LogP contribution in [-0.2, 0) is 14.3 Å². The Bertz CT molecular complexity index is 827. The van der Waals surface area contributed by atoms with E-state index in [1.54, 1.807) is 4.90 Å². The number of amides is 1. The molecule has 5 nitrogen and oxygen atoms in total. The zero-order chi connectivity index (χ0) is 22.4. The molecule has 4 aliphatic rings. The Morgan fingerprint density at radius 3 is 2.55 bits per heavy atom. The molecule has 0 aromatic rings. The van der Waals surface area contributed by atoms with Gasteiger partial charge in [0.2, 0.25) is 0 Å². The maximum Gasteiger partial charge on any atom is 0.410 e. The molecule has 1 amide bonds. The first-order chi connectivity index (χ1) is 15.0. The lowest BCUT2D eigenvalue weighted by molar-refractivity contribution is -0.154. The van der Waals surface area contributed by atoms with Gasteiger partial charge in [-0.3, -0.25) is 9.69 Å². The van der Waals surface area contributed by atoms with E-state index < -0.39 is 0 Å². The summed E-state index contributed by atoms with van der Waals surface area (Å²) in [4.78, 5) is 25.9. The Balaban J connectivity index is 0.000000322. The summed E-state index contributed by atoms with van der Waals surface area (Å²) in [6.45, 7) is 4.29. The SMILES string of the molecule is C#CC1C[C@H]2[C@@H](OC(=O)CCCCCC)CCC[C@H]2N1C(=O)OC.Cc1cc2ccc1-2. The molecule has 5 heteroatoms. The van der Waals surface area contributed by atoms with Crippen molar-refractivity contribution in [3.63, 3.8) is 0 Å². The molecule has 1 heterocycles. The molecule has 0 bridgehead atoms. The summed E-state index contributed by atoms with van der Waals surface area (Å²) in [7, 11) is 1.37. The van der Waals surface area contributed by atoms with Crippen molar-refractivity contribution in [1.29, 1.82) is 0 Å². The molecular weight excluding hydrogens is 390 g/mol. The van der Waals surface area contributed by atoms with E-state index in [1.807, 2.05) is 0 Å². The van der Waals surface area contributed by atoms with Crippen LogP contribution in [0.3, 0.4) is 0 Å². The Kier molecular flexibility index (Phi) is 8.01. The van der Waals surface area contributed by atoms with Crippen LogP contribution in [0.25, 0.3) is 11.1 Å². The van der Waals surface area contributed by atoms with E-state index in [1.165, 1.54) is 23.8 Å². The van der Waals surface area contributed by atoms with Crippen LogP contribution >= 0.6 is 0 Å². The van der Waals surface area contributed by atoms with E-state index in [0.717, 1.165) is 44.9 Å². The molecule has 1 saturated carbocycles. The molecule has 1 saturated heterocycles. The fraction of sp³-hybridized carbons (Fsp3) is 0.615.